The van der Waals surface area contributed by atoms with Crippen LogP contribution in [-0.4, -0.2) is 16.1 Å². The summed E-state index contributed by atoms with van der Waals surface area (Å²) < 4.78 is 5.22. The van der Waals surface area contributed by atoms with E-state index < -0.39 is 5.97 Å². The van der Waals surface area contributed by atoms with Crippen molar-refractivity contribution in [2.75, 3.05) is 5.73 Å². The molecule has 0 aliphatic carbocycles. The van der Waals surface area contributed by atoms with E-state index in [-0.39, 0.29) is 11.4 Å². The third-order valence-electron chi connectivity index (χ3n) is 2.67. The van der Waals surface area contributed by atoms with Gasteiger partial charge in [0, 0.05) is 11.6 Å². The van der Waals surface area contributed by atoms with Crippen LogP contribution in [-0.2, 0) is 0 Å². The van der Waals surface area contributed by atoms with Crippen LogP contribution in [0.1, 0.15) is 10.6 Å². The summed E-state index contributed by atoms with van der Waals surface area (Å²) in [4.78, 5) is 15.1. The normalized spacial score (nSPS) is 11.1. The lowest BCUT2D eigenvalue weighted by molar-refractivity contribution is 0.0666. The van der Waals surface area contributed by atoms with E-state index in [4.69, 9.17) is 15.3 Å². The van der Waals surface area contributed by atoms with Crippen molar-refractivity contribution in [1.82, 2.24) is 4.98 Å². The molecule has 3 rings (SSSR count). The van der Waals surface area contributed by atoms with Gasteiger partial charge in [-0.2, -0.15) is 0 Å². The zero-order valence-electron chi connectivity index (χ0n) is 8.68. The molecule has 5 nitrogen and oxygen atoms in total. The molecule has 0 radical (unpaired) electrons. The van der Waals surface area contributed by atoms with Crippen LogP contribution >= 0.6 is 0 Å². The van der Waals surface area contributed by atoms with Crippen molar-refractivity contribution in [1.29, 1.82) is 0 Å². The number of aromatic carboxylic acids is 1. The molecule has 2 heterocycles. The van der Waals surface area contributed by atoms with Crippen molar-refractivity contribution in [3.8, 4) is 0 Å². The van der Waals surface area contributed by atoms with Crippen LogP contribution in [0.4, 0.5) is 5.69 Å². The van der Waals surface area contributed by atoms with Crippen molar-refractivity contribution in [2.24, 2.45) is 0 Å². The number of rotatable bonds is 1. The topological polar surface area (TPSA) is 89.4 Å². The molecule has 0 saturated heterocycles. The van der Waals surface area contributed by atoms with E-state index in [1.54, 1.807) is 24.4 Å². The number of furan rings is 1. The Morgan fingerprint density at radius 3 is 2.94 bits per heavy atom. The van der Waals surface area contributed by atoms with Crippen molar-refractivity contribution < 1.29 is 14.3 Å². The highest BCUT2D eigenvalue weighted by atomic mass is 16.4. The molecule has 84 valence electrons. The Morgan fingerprint density at radius 2 is 2.18 bits per heavy atom. The summed E-state index contributed by atoms with van der Waals surface area (Å²) in [6.45, 7) is 0. The van der Waals surface area contributed by atoms with Gasteiger partial charge in [-0.1, -0.05) is 6.07 Å². The summed E-state index contributed by atoms with van der Waals surface area (Å²) in [5.74, 6) is -1.40. The van der Waals surface area contributed by atoms with Gasteiger partial charge in [-0.3, -0.25) is 4.98 Å². The molecule has 0 fully saturated rings. The van der Waals surface area contributed by atoms with Gasteiger partial charge in [0.2, 0.25) is 5.76 Å². The van der Waals surface area contributed by atoms with Gasteiger partial charge in [-0.05, 0) is 18.2 Å². The molecule has 2 aromatic heterocycles. The van der Waals surface area contributed by atoms with Crippen molar-refractivity contribution in [3.63, 3.8) is 0 Å². The van der Waals surface area contributed by atoms with Crippen LogP contribution in [0.2, 0.25) is 0 Å². The monoisotopic (exact) mass is 228 g/mol. The molecule has 0 unspecified atom stereocenters. The predicted octanol–water partition coefficient (Wildman–Crippen LogP) is 2.26. The number of fused-ring (bicyclic) bond motifs is 3. The van der Waals surface area contributed by atoms with Gasteiger partial charge in [0.05, 0.1) is 16.6 Å². The minimum Gasteiger partial charge on any atom is -0.475 e. The van der Waals surface area contributed by atoms with E-state index in [0.29, 0.717) is 11.0 Å². The number of aromatic nitrogens is 1. The van der Waals surface area contributed by atoms with Crippen LogP contribution in [0.15, 0.2) is 34.9 Å². The first-order chi connectivity index (χ1) is 8.18. The molecule has 0 aliphatic heterocycles. The van der Waals surface area contributed by atoms with Gasteiger partial charge in [0.1, 0.15) is 5.58 Å². The van der Waals surface area contributed by atoms with Gasteiger partial charge in [-0.25, -0.2) is 4.79 Å². The fraction of sp³-hybridized carbons (Fsp3) is 0. The number of carbonyl (C=O) groups is 1. The van der Waals surface area contributed by atoms with Crippen LogP contribution in [0, 0.1) is 0 Å². The maximum Gasteiger partial charge on any atom is 0.374 e. The fourth-order valence-electron chi connectivity index (χ4n) is 1.93. The Balaban J connectivity index is 2.53. The highest BCUT2D eigenvalue weighted by molar-refractivity contribution is 6.14. The number of anilines is 1. The van der Waals surface area contributed by atoms with Crippen molar-refractivity contribution >= 4 is 33.5 Å². The average molecular weight is 228 g/mol. The molecule has 0 atom stereocenters. The highest BCUT2D eigenvalue weighted by Crippen LogP contribution is 2.33. The summed E-state index contributed by atoms with van der Waals surface area (Å²) in [6.07, 6.45) is 1.67. The number of hydrogen-bond donors (Lipinski definition) is 2. The SMILES string of the molecule is Nc1c(C(=O)O)oc2ccc3ncccc3c12. The number of pyridine rings is 1. The first-order valence-electron chi connectivity index (χ1n) is 4.97. The lowest BCUT2D eigenvalue weighted by Crippen LogP contribution is -1.98. The largest absolute Gasteiger partial charge is 0.475 e. The molecule has 1 aromatic carbocycles. The maximum atomic E-state index is 10.9. The third kappa shape index (κ3) is 1.25. The first kappa shape index (κ1) is 9.65. The lowest BCUT2D eigenvalue weighted by atomic mass is 10.1. The second-order valence-corrected chi connectivity index (χ2v) is 3.66. The molecular formula is C12H8N2O3. The van der Waals surface area contributed by atoms with Crippen LogP contribution in [0.5, 0.6) is 0 Å². The quantitative estimate of drug-likeness (QED) is 0.666. The number of benzene rings is 1. The molecule has 0 spiro atoms. The number of nitrogens with zero attached hydrogens (tertiary/aromatic N) is 1. The Morgan fingerprint density at radius 1 is 1.35 bits per heavy atom. The van der Waals surface area contributed by atoms with Crippen LogP contribution < -0.4 is 5.73 Å². The molecule has 3 aromatic rings. The number of carboxylic acids is 1. The van der Waals surface area contributed by atoms with Gasteiger partial charge < -0.3 is 15.3 Å². The number of carboxylic acid groups (broad SMARTS) is 1. The maximum absolute atomic E-state index is 10.9. The van der Waals surface area contributed by atoms with Gasteiger partial charge in [0.15, 0.2) is 0 Å². The average Bonchev–Trinajstić information content (AvgIpc) is 2.67. The summed E-state index contributed by atoms with van der Waals surface area (Å²) in [6, 6.07) is 7.05. The van der Waals surface area contributed by atoms with E-state index in [1.807, 2.05) is 6.07 Å². The minimum atomic E-state index is -1.17. The highest BCUT2D eigenvalue weighted by Gasteiger charge is 2.19. The van der Waals surface area contributed by atoms with Crippen molar-refractivity contribution in [3.05, 3.63) is 36.2 Å². The van der Waals surface area contributed by atoms with E-state index >= 15 is 0 Å². The molecule has 0 amide bonds. The van der Waals surface area contributed by atoms with E-state index in [0.717, 1.165) is 10.9 Å². The summed E-state index contributed by atoms with van der Waals surface area (Å²) in [5, 5.41) is 10.3. The van der Waals surface area contributed by atoms with E-state index in [1.165, 1.54) is 0 Å². The van der Waals surface area contributed by atoms with E-state index in [9.17, 15) is 4.79 Å². The Kier molecular flexibility index (Phi) is 1.82. The Hall–Kier alpha value is -2.56. The molecular weight excluding hydrogens is 220 g/mol. The summed E-state index contributed by atoms with van der Waals surface area (Å²) in [7, 11) is 0. The summed E-state index contributed by atoms with van der Waals surface area (Å²) >= 11 is 0. The van der Waals surface area contributed by atoms with Gasteiger partial charge in [0.25, 0.3) is 0 Å². The Labute approximate surface area is 95.5 Å². The van der Waals surface area contributed by atoms with Crippen molar-refractivity contribution in [2.45, 2.75) is 0 Å². The number of nitrogens with two attached hydrogens (primary N) is 1. The zero-order valence-corrected chi connectivity index (χ0v) is 8.68. The minimum absolute atomic E-state index is 0.145. The second kappa shape index (κ2) is 3.21. The lowest BCUT2D eigenvalue weighted by Gasteiger charge is -1.97. The zero-order chi connectivity index (χ0) is 12.0. The molecule has 5 heteroatoms. The standard InChI is InChI=1S/C12H8N2O3/c13-10-9-6-2-1-5-14-7(6)3-4-8(9)17-11(10)12(15)16/h1-5H,13H2,(H,15,16). The van der Waals surface area contributed by atoms with Gasteiger partial charge >= 0.3 is 5.97 Å². The molecule has 3 N–H and O–H groups in total. The number of hydrogen-bond acceptors (Lipinski definition) is 4. The molecule has 0 aliphatic rings. The van der Waals surface area contributed by atoms with Crippen LogP contribution in [0.3, 0.4) is 0 Å². The second-order valence-electron chi connectivity index (χ2n) is 3.66. The van der Waals surface area contributed by atoms with Gasteiger partial charge in [-0.15, -0.1) is 0 Å². The first-order valence-corrected chi connectivity index (χ1v) is 4.97. The fourth-order valence-corrected chi connectivity index (χ4v) is 1.93. The third-order valence-corrected chi connectivity index (χ3v) is 2.67. The number of nitrogen functional groups attached to an aromatic ring is 1. The molecule has 0 saturated carbocycles. The predicted molar refractivity (Wildman–Crippen MR) is 62.9 cm³/mol. The van der Waals surface area contributed by atoms with E-state index in [2.05, 4.69) is 4.98 Å². The smallest absolute Gasteiger partial charge is 0.374 e. The summed E-state index contributed by atoms with van der Waals surface area (Å²) in [5.41, 5.74) is 7.16. The molecule has 0 bridgehead atoms. The van der Waals surface area contributed by atoms with Crippen LogP contribution in [0.25, 0.3) is 21.9 Å². The molecule has 17 heavy (non-hydrogen) atoms. The Bertz CT molecular complexity index is 746.